The zero-order chi connectivity index (χ0) is 19.3. The van der Waals surface area contributed by atoms with Gasteiger partial charge in [-0.3, -0.25) is 19.3 Å². The number of rotatable bonds is 5. The van der Waals surface area contributed by atoms with Gasteiger partial charge >= 0.3 is 0 Å². The molecule has 0 aliphatic carbocycles. The number of likely N-dealkylation sites (tertiary alicyclic amines) is 1. The van der Waals surface area contributed by atoms with Gasteiger partial charge in [-0.1, -0.05) is 30.3 Å². The SMILES string of the molecule is Cn1nccc1C1CCN(CC(=O)N2CCN(Cc3ccccc3)CC2)CC1. The highest BCUT2D eigenvalue weighted by molar-refractivity contribution is 5.78. The Balaban J connectivity index is 1.19. The number of hydrogen-bond donors (Lipinski definition) is 0. The maximum absolute atomic E-state index is 12.7. The minimum Gasteiger partial charge on any atom is -0.339 e. The summed E-state index contributed by atoms with van der Waals surface area (Å²) in [5, 5.41) is 4.29. The second kappa shape index (κ2) is 8.88. The molecule has 1 aromatic carbocycles. The molecule has 2 aliphatic rings. The highest BCUT2D eigenvalue weighted by Crippen LogP contribution is 2.27. The number of nitrogens with zero attached hydrogens (tertiary/aromatic N) is 5. The van der Waals surface area contributed by atoms with Crippen molar-refractivity contribution >= 4 is 5.91 Å². The van der Waals surface area contributed by atoms with Crippen LogP contribution in [0.3, 0.4) is 0 Å². The van der Waals surface area contributed by atoms with Crippen LogP contribution in [-0.4, -0.2) is 76.2 Å². The standard InChI is InChI=1S/C22H31N5O/c1-24-21(7-10-23-24)20-8-11-25(12-9-20)18-22(28)27-15-13-26(14-16-27)17-19-5-3-2-4-6-19/h2-7,10,20H,8-9,11-18H2,1H3. The van der Waals surface area contributed by atoms with Gasteiger partial charge in [0.2, 0.25) is 5.91 Å². The van der Waals surface area contributed by atoms with Crippen molar-refractivity contribution in [3.8, 4) is 0 Å². The number of benzene rings is 1. The molecule has 150 valence electrons. The Kier molecular flexibility index (Phi) is 6.07. The third-order valence-corrected chi connectivity index (χ3v) is 6.20. The molecule has 4 rings (SSSR count). The molecule has 0 saturated carbocycles. The first-order valence-electron chi connectivity index (χ1n) is 10.4. The Bertz CT molecular complexity index is 758. The van der Waals surface area contributed by atoms with Crippen LogP contribution in [-0.2, 0) is 18.4 Å². The molecule has 2 aliphatic heterocycles. The molecule has 3 heterocycles. The molecule has 2 aromatic rings. The van der Waals surface area contributed by atoms with Crippen LogP contribution in [0.5, 0.6) is 0 Å². The van der Waals surface area contributed by atoms with E-state index in [4.69, 9.17) is 0 Å². The number of carbonyl (C=O) groups is 1. The highest BCUT2D eigenvalue weighted by atomic mass is 16.2. The fraction of sp³-hybridized carbons (Fsp3) is 0.545. The molecule has 0 unspecified atom stereocenters. The van der Waals surface area contributed by atoms with Gasteiger partial charge in [0.05, 0.1) is 6.54 Å². The average Bonchev–Trinajstić information content (AvgIpc) is 3.16. The third kappa shape index (κ3) is 4.62. The van der Waals surface area contributed by atoms with Crippen LogP contribution in [0, 0.1) is 0 Å². The second-order valence-corrected chi connectivity index (χ2v) is 8.07. The lowest BCUT2D eigenvalue weighted by Crippen LogP contribution is -2.51. The van der Waals surface area contributed by atoms with Gasteiger partial charge < -0.3 is 4.90 Å². The Hall–Kier alpha value is -2.18. The monoisotopic (exact) mass is 381 g/mol. The first-order valence-corrected chi connectivity index (χ1v) is 10.4. The predicted octanol–water partition coefficient (Wildman–Crippen LogP) is 1.94. The number of piperidine rings is 1. The van der Waals surface area contributed by atoms with Gasteiger partial charge in [0.1, 0.15) is 0 Å². The van der Waals surface area contributed by atoms with Crippen molar-refractivity contribution in [3.63, 3.8) is 0 Å². The molecule has 0 spiro atoms. The molecule has 0 radical (unpaired) electrons. The van der Waals surface area contributed by atoms with Gasteiger partial charge in [0.15, 0.2) is 0 Å². The highest BCUT2D eigenvalue weighted by Gasteiger charge is 2.26. The van der Waals surface area contributed by atoms with E-state index in [-0.39, 0.29) is 0 Å². The van der Waals surface area contributed by atoms with Crippen LogP contribution in [0.4, 0.5) is 0 Å². The predicted molar refractivity (Wildman–Crippen MR) is 110 cm³/mol. The van der Waals surface area contributed by atoms with Crippen molar-refractivity contribution in [2.75, 3.05) is 45.8 Å². The Morgan fingerprint density at radius 1 is 0.964 bits per heavy atom. The van der Waals surface area contributed by atoms with E-state index in [2.05, 4.69) is 56.2 Å². The fourth-order valence-corrected chi connectivity index (χ4v) is 4.46. The van der Waals surface area contributed by atoms with Crippen molar-refractivity contribution < 1.29 is 4.79 Å². The van der Waals surface area contributed by atoms with Gasteiger partial charge in [-0.2, -0.15) is 5.10 Å². The summed E-state index contributed by atoms with van der Waals surface area (Å²) in [6.45, 7) is 7.15. The van der Waals surface area contributed by atoms with E-state index in [1.54, 1.807) is 0 Å². The largest absolute Gasteiger partial charge is 0.339 e. The lowest BCUT2D eigenvalue weighted by Gasteiger charge is -2.37. The molecule has 1 aromatic heterocycles. The van der Waals surface area contributed by atoms with E-state index in [1.807, 2.05) is 17.9 Å². The second-order valence-electron chi connectivity index (χ2n) is 8.07. The number of amides is 1. The number of piperazine rings is 1. The first-order chi connectivity index (χ1) is 13.7. The van der Waals surface area contributed by atoms with E-state index in [9.17, 15) is 4.79 Å². The van der Waals surface area contributed by atoms with Crippen LogP contribution >= 0.6 is 0 Å². The zero-order valence-electron chi connectivity index (χ0n) is 16.8. The summed E-state index contributed by atoms with van der Waals surface area (Å²) >= 11 is 0. The lowest BCUT2D eigenvalue weighted by molar-refractivity contribution is -0.134. The quantitative estimate of drug-likeness (QED) is 0.794. The lowest BCUT2D eigenvalue weighted by atomic mass is 9.93. The Morgan fingerprint density at radius 2 is 1.68 bits per heavy atom. The van der Waals surface area contributed by atoms with Crippen LogP contribution in [0.15, 0.2) is 42.6 Å². The van der Waals surface area contributed by atoms with E-state index >= 15 is 0 Å². The molecule has 6 nitrogen and oxygen atoms in total. The van der Waals surface area contributed by atoms with Crippen LogP contribution < -0.4 is 0 Å². The number of hydrogen-bond acceptors (Lipinski definition) is 4. The van der Waals surface area contributed by atoms with Gasteiger partial charge in [-0.25, -0.2) is 0 Å². The molecular formula is C22H31N5O. The van der Waals surface area contributed by atoms with E-state index in [1.165, 1.54) is 11.3 Å². The summed E-state index contributed by atoms with van der Waals surface area (Å²) in [6, 6.07) is 12.7. The molecule has 28 heavy (non-hydrogen) atoms. The van der Waals surface area contributed by atoms with E-state index in [0.29, 0.717) is 18.4 Å². The van der Waals surface area contributed by atoms with Crippen molar-refractivity contribution in [3.05, 3.63) is 53.9 Å². The molecule has 0 N–H and O–H groups in total. The fourth-order valence-electron chi connectivity index (χ4n) is 4.46. The van der Waals surface area contributed by atoms with Crippen molar-refractivity contribution in [2.45, 2.75) is 25.3 Å². The summed E-state index contributed by atoms with van der Waals surface area (Å²) in [7, 11) is 2.02. The minimum atomic E-state index is 0.290. The van der Waals surface area contributed by atoms with Gasteiger partial charge in [-0.15, -0.1) is 0 Å². The zero-order valence-corrected chi connectivity index (χ0v) is 16.8. The van der Waals surface area contributed by atoms with Crippen LogP contribution in [0.2, 0.25) is 0 Å². The van der Waals surface area contributed by atoms with E-state index in [0.717, 1.165) is 58.7 Å². The molecule has 2 fully saturated rings. The minimum absolute atomic E-state index is 0.290. The maximum Gasteiger partial charge on any atom is 0.236 e. The van der Waals surface area contributed by atoms with Gasteiger partial charge in [0, 0.05) is 57.6 Å². The van der Waals surface area contributed by atoms with Gasteiger partial charge in [0.25, 0.3) is 0 Å². The van der Waals surface area contributed by atoms with Crippen LogP contribution in [0.1, 0.15) is 30.0 Å². The van der Waals surface area contributed by atoms with Gasteiger partial charge in [-0.05, 0) is 37.6 Å². The number of aryl methyl sites for hydroxylation is 1. The topological polar surface area (TPSA) is 44.6 Å². The molecule has 1 amide bonds. The summed E-state index contributed by atoms with van der Waals surface area (Å²) < 4.78 is 1.99. The number of carbonyl (C=O) groups excluding carboxylic acids is 1. The van der Waals surface area contributed by atoms with Crippen molar-refractivity contribution in [2.24, 2.45) is 7.05 Å². The normalized spacial score (nSPS) is 19.8. The summed E-state index contributed by atoms with van der Waals surface area (Å²) in [5.41, 5.74) is 2.67. The Morgan fingerprint density at radius 3 is 2.32 bits per heavy atom. The molecule has 6 heteroatoms. The maximum atomic E-state index is 12.7. The Labute approximate surface area is 167 Å². The van der Waals surface area contributed by atoms with Crippen molar-refractivity contribution in [1.29, 1.82) is 0 Å². The third-order valence-electron chi connectivity index (χ3n) is 6.20. The molecule has 2 saturated heterocycles. The molecule has 0 bridgehead atoms. The summed E-state index contributed by atoms with van der Waals surface area (Å²) in [5.74, 6) is 0.860. The van der Waals surface area contributed by atoms with Crippen molar-refractivity contribution in [1.82, 2.24) is 24.5 Å². The average molecular weight is 382 g/mol. The number of aromatic nitrogens is 2. The smallest absolute Gasteiger partial charge is 0.236 e. The van der Waals surface area contributed by atoms with E-state index < -0.39 is 0 Å². The summed E-state index contributed by atoms with van der Waals surface area (Å²) in [4.78, 5) is 19.6. The van der Waals surface area contributed by atoms with Crippen LogP contribution in [0.25, 0.3) is 0 Å². The molecule has 0 atom stereocenters. The summed E-state index contributed by atoms with van der Waals surface area (Å²) in [6.07, 6.45) is 4.10. The first kappa shape index (κ1) is 19.2. The molecular weight excluding hydrogens is 350 g/mol.